The molecule has 2 rings (SSSR count). The molecule has 1 fully saturated rings. The molecule has 1 aliphatic rings. The van der Waals surface area contributed by atoms with E-state index in [4.69, 9.17) is 0 Å². The lowest BCUT2D eigenvalue weighted by molar-refractivity contribution is -0.136. The van der Waals surface area contributed by atoms with Crippen LogP contribution in [-0.2, 0) is 6.18 Å². The molecule has 1 N–H and O–H groups in total. The van der Waals surface area contributed by atoms with E-state index in [9.17, 15) is 13.2 Å². The number of nitrogens with one attached hydrogen (secondary N) is 1. The maximum atomic E-state index is 12.6. The van der Waals surface area contributed by atoms with Gasteiger partial charge in [0, 0.05) is 12.2 Å². The van der Waals surface area contributed by atoms with Gasteiger partial charge in [-0.3, -0.25) is 0 Å². The third kappa shape index (κ3) is 2.49. The highest BCUT2D eigenvalue weighted by atomic mass is 19.4. The molecule has 2 atom stereocenters. The Bertz CT molecular complexity index is 373. The van der Waals surface area contributed by atoms with Crippen LogP contribution in [-0.4, -0.2) is 6.54 Å². The van der Waals surface area contributed by atoms with Gasteiger partial charge in [0.1, 0.15) is 0 Å². The van der Waals surface area contributed by atoms with Gasteiger partial charge < -0.3 is 5.32 Å². The Balaban J connectivity index is 2.07. The molecule has 0 heterocycles. The van der Waals surface area contributed by atoms with E-state index < -0.39 is 11.7 Å². The number of hydrogen-bond donors (Lipinski definition) is 1. The SMILES string of the molecule is CC1CC1CNc1ccccc1C(F)(F)F. The summed E-state index contributed by atoms with van der Waals surface area (Å²) in [7, 11) is 0. The molecule has 0 saturated heterocycles. The Morgan fingerprint density at radius 1 is 1.31 bits per heavy atom. The molecule has 0 bridgehead atoms. The first-order valence-electron chi connectivity index (χ1n) is 5.38. The van der Waals surface area contributed by atoms with Crippen LogP contribution in [0.5, 0.6) is 0 Å². The van der Waals surface area contributed by atoms with Crippen LogP contribution in [0.4, 0.5) is 18.9 Å². The van der Waals surface area contributed by atoms with Crippen LogP contribution in [0.2, 0.25) is 0 Å². The summed E-state index contributed by atoms with van der Waals surface area (Å²) in [5.41, 5.74) is -0.391. The van der Waals surface area contributed by atoms with Crippen LogP contribution in [0.15, 0.2) is 24.3 Å². The van der Waals surface area contributed by atoms with Crippen molar-refractivity contribution in [3.8, 4) is 0 Å². The fourth-order valence-corrected chi connectivity index (χ4v) is 1.81. The van der Waals surface area contributed by atoms with Crippen molar-refractivity contribution >= 4 is 5.69 Å². The maximum absolute atomic E-state index is 12.6. The molecule has 1 saturated carbocycles. The van der Waals surface area contributed by atoms with Gasteiger partial charge >= 0.3 is 6.18 Å². The fourth-order valence-electron chi connectivity index (χ4n) is 1.81. The molecule has 0 amide bonds. The Morgan fingerprint density at radius 2 is 1.94 bits per heavy atom. The number of benzene rings is 1. The second kappa shape index (κ2) is 4.00. The minimum atomic E-state index is -4.28. The zero-order valence-corrected chi connectivity index (χ0v) is 9.01. The lowest BCUT2D eigenvalue weighted by atomic mass is 10.1. The maximum Gasteiger partial charge on any atom is 0.418 e. The fraction of sp³-hybridized carbons (Fsp3) is 0.500. The van der Waals surface area contributed by atoms with Crippen molar-refractivity contribution in [1.82, 2.24) is 0 Å². The minimum absolute atomic E-state index is 0.189. The van der Waals surface area contributed by atoms with E-state index in [1.807, 2.05) is 0 Å². The number of alkyl halides is 3. The summed E-state index contributed by atoms with van der Waals surface area (Å²) >= 11 is 0. The van der Waals surface area contributed by atoms with Gasteiger partial charge in [0.15, 0.2) is 0 Å². The van der Waals surface area contributed by atoms with Gasteiger partial charge in [-0.25, -0.2) is 0 Å². The van der Waals surface area contributed by atoms with Crippen molar-refractivity contribution in [1.29, 1.82) is 0 Å². The van der Waals surface area contributed by atoms with E-state index in [1.54, 1.807) is 6.07 Å². The predicted molar refractivity (Wildman–Crippen MR) is 57.2 cm³/mol. The Kier molecular flexibility index (Phi) is 2.82. The highest BCUT2D eigenvalue weighted by molar-refractivity contribution is 5.52. The molecule has 1 aliphatic carbocycles. The molecule has 1 aromatic rings. The highest BCUT2D eigenvalue weighted by Crippen LogP contribution is 2.39. The van der Waals surface area contributed by atoms with Gasteiger partial charge in [-0.1, -0.05) is 19.1 Å². The summed E-state index contributed by atoms with van der Waals surface area (Å²) in [5, 5.41) is 2.89. The first kappa shape index (κ1) is 11.3. The zero-order chi connectivity index (χ0) is 11.8. The molecule has 4 heteroatoms. The van der Waals surface area contributed by atoms with E-state index in [0.29, 0.717) is 18.4 Å². The topological polar surface area (TPSA) is 12.0 Å². The van der Waals surface area contributed by atoms with Gasteiger partial charge in [-0.15, -0.1) is 0 Å². The minimum Gasteiger partial charge on any atom is -0.384 e. The second-order valence-electron chi connectivity index (χ2n) is 4.40. The summed E-state index contributed by atoms with van der Waals surface area (Å²) < 4.78 is 37.9. The second-order valence-corrected chi connectivity index (χ2v) is 4.40. The first-order valence-corrected chi connectivity index (χ1v) is 5.38. The van der Waals surface area contributed by atoms with Crippen molar-refractivity contribution in [2.24, 2.45) is 11.8 Å². The zero-order valence-electron chi connectivity index (χ0n) is 9.01. The summed E-state index contributed by atoms with van der Waals surface area (Å²) in [5.74, 6) is 1.17. The number of rotatable bonds is 3. The standard InChI is InChI=1S/C12H14F3N/c1-8-6-9(8)7-16-11-5-3-2-4-10(11)12(13,14)15/h2-5,8-9,16H,6-7H2,1H3. The average Bonchev–Trinajstić information content (AvgIpc) is 2.91. The monoisotopic (exact) mass is 229 g/mol. The molecule has 88 valence electrons. The summed E-state index contributed by atoms with van der Waals surface area (Å²) in [6, 6.07) is 5.62. The van der Waals surface area contributed by atoms with Crippen LogP contribution in [0, 0.1) is 11.8 Å². The first-order chi connectivity index (χ1) is 7.48. The molecule has 0 spiro atoms. The molecule has 0 radical (unpaired) electrons. The van der Waals surface area contributed by atoms with Gasteiger partial charge in [-0.05, 0) is 30.4 Å². The lowest BCUT2D eigenvalue weighted by Crippen LogP contribution is -2.12. The molecule has 0 aliphatic heterocycles. The average molecular weight is 229 g/mol. The summed E-state index contributed by atoms with van der Waals surface area (Å²) in [4.78, 5) is 0. The molecule has 1 aromatic carbocycles. The van der Waals surface area contributed by atoms with Gasteiger partial charge in [-0.2, -0.15) is 13.2 Å². The molecule has 0 aromatic heterocycles. The summed E-state index contributed by atoms with van der Waals surface area (Å²) in [6.45, 7) is 2.75. The molecular weight excluding hydrogens is 215 g/mol. The number of anilines is 1. The third-order valence-corrected chi connectivity index (χ3v) is 3.06. The smallest absolute Gasteiger partial charge is 0.384 e. The summed E-state index contributed by atoms with van der Waals surface area (Å²) in [6.07, 6.45) is -3.17. The van der Waals surface area contributed by atoms with E-state index in [0.717, 1.165) is 12.5 Å². The van der Waals surface area contributed by atoms with Crippen molar-refractivity contribution in [3.05, 3.63) is 29.8 Å². The largest absolute Gasteiger partial charge is 0.418 e. The highest BCUT2D eigenvalue weighted by Gasteiger charge is 2.35. The van der Waals surface area contributed by atoms with E-state index in [-0.39, 0.29) is 5.69 Å². The molecule has 1 nitrogen and oxygen atoms in total. The van der Waals surface area contributed by atoms with Gasteiger partial charge in [0.2, 0.25) is 0 Å². The van der Waals surface area contributed by atoms with Gasteiger partial charge in [0.05, 0.1) is 5.56 Å². The van der Waals surface area contributed by atoms with Crippen molar-refractivity contribution < 1.29 is 13.2 Å². The van der Waals surface area contributed by atoms with Crippen LogP contribution in [0.3, 0.4) is 0 Å². The Labute approximate surface area is 92.7 Å². The number of para-hydroxylation sites is 1. The third-order valence-electron chi connectivity index (χ3n) is 3.06. The van der Waals surface area contributed by atoms with Crippen molar-refractivity contribution in [2.45, 2.75) is 19.5 Å². The molecular formula is C12H14F3N. The number of hydrogen-bond acceptors (Lipinski definition) is 1. The normalized spacial score (nSPS) is 24.2. The number of halogens is 3. The van der Waals surface area contributed by atoms with E-state index >= 15 is 0 Å². The lowest BCUT2D eigenvalue weighted by Gasteiger charge is -2.14. The van der Waals surface area contributed by atoms with Gasteiger partial charge in [0.25, 0.3) is 0 Å². The van der Waals surface area contributed by atoms with Crippen molar-refractivity contribution in [2.75, 3.05) is 11.9 Å². The van der Waals surface area contributed by atoms with Crippen LogP contribution in [0.25, 0.3) is 0 Å². The Morgan fingerprint density at radius 3 is 2.50 bits per heavy atom. The van der Waals surface area contributed by atoms with E-state index in [2.05, 4.69) is 12.2 Å². The van der Waals surface area contributed by atoms with Crippen LogP contribution in [0.1, 0.15) is 18.9 Å². The van der Waals surface area contributed by atoms with Crippen molar-refractivity contribution in [3.63, 3.8) is 0 Å². The molecule has 16 heavy (non-hydrogen) atoms. The van der Waals surface area contributed by atoms with Crippen LogP contribution >= 0.6 is 0 Å². The van der Waals surface area contributed by atoms with Crippen LogP contribution < -0.4 is 5.32 Å². The predicted octanol–water partition coefficient (Wildman–Crippen LogP) is 3.77. The van der Waals surface area contributed by atoms with E-state index in [1.165, 1.54) is 12.1 Å². The molecule has 2 unspecified atom stereocenters. The quantitative estimate of drug-likeness (QED) is 0.831. The Hall–Kier alpha value is -1.19.